The maximum absolute atomic E-state index is 6.19. The third kappa shape index (κ3) is 1.98. The van der Waals surface area contributed by atoms with Gasteiger partial charge in [0, 0.05) is 11.1 Å². The first kappa shape index (κ1) is 11.3. The third-order valence-corrected chi connectivity index (χ3v) is 3.64. The summed E-state index contributed by atoms with van der Waals surface area (Å²) in [5.41, 5.74) is 9.26. The lowest BCUT2D eigenvalue weighted by Gasteiger charge is -2.10. The monoisotopic (exact) mass is 256 g/mol. The minimum Gasteiger partial charge on any atom is -0.320 e. The number of nitrogens with two attached hydrogens (primary N) is 1. The molecule has 5 heteroatoms. The molecular formula is C13H12N4S. The highest BCUT2D eigenvalue weighted by Gasteiger charge is 2.11. The molecule has 0 aliphatic rings. The molecule has 0 bridgehead atoms. The van der Waals surface area contributed by atoms with Gasteiger partial charge in [-0.25, -0.2) is 0 Å². The van der Waals surface area contributed by atoms with Crippen molar-refractivity contribution in [3.63, 3.8) is 0 Å². The maximum atomic E-state index is 6.19. The van der Waals surface area contributed by atoms with Crippen LogP contribution in [0.3, 0.4) is 0 Å². The van der Waals surface area contributed by atoms with E-state index >= 15 is 0 Å². The Labute approximate surface area is 109 Å². The van der Waals surface area contributed by atoms with E-state index in [-0.39, 0.29) is 6.04 Å². The van der Waals surface area contributed by atoms with E-state index in [2.05, 4.69) is 26.7 Å². The first-order chi connectivity index (χ1) is 8.74. The lowest BCUT2D eigenvalue weighted by Crippen LogP contribution is -2.10. The number of hydrogen-bond acceptors (Lipinski definition) is 5. The lowest BCUT2D eigenvalue weighted by molar-refractivity contribution is 0.890. The second-order valence-electron chi connectivity index (χ2n) is 4.20. The average Bonchev–Trinajstić information content (AvgIpc) is 2.91. The van der Waals surface area contributed by atoms with Crippen molar-refractivity contribution < 1.29 is 0 Å². The van der Waals surface area contributed by atoms with Gasteiger partial charge in [0.15, 0.2) is 0 Å². The summed E-state index contributed by atoms with van der Waals surface area (Å²) in [6, 6.07) is 10.00. The highest BCUT2D eigenvalue weighted by Crippen LogP contribution is 2.24. The zero-order chi connectivity index (χ0) is 12.5. The number of benzene rings is 1. The normalized spacial score (nSPS) is 12.8. The van der Waals surface area contributed by atoms with Gasteiger partial charge in [0.2, 0.25) is 0 Å². The summed E-state index contributed by atoms with van der Waals surface area (Å²) < 4.78 is 3.84. The van der Waals surface area contributed by atoms with E-state index in [1.807, 2.05) is 25.1 Å². The van der Waals surface area contributed by atoms with Crippen molar-refractivity contribution in [1.29, 1.82) is 0 Å². The summed E-state index contributed by atoms with van der Waals surface area (Å²) in [6.45, 7) is 1.99. The van der Waals surface area contributed by atoms with E-state index < -0.39 is 0 Å². The molecule has 0 amide bonds. The van der Waals surface area contributed by atoms with E-state index in [9.17, 15) is 0 Å². The third-order valence-electron chi connectivity index (χ3n) is 2.90. The molecule has 2 aromatic heterocycles. The topological polar surface area (TPSA) is 64.7 Å². The molecule has 0 radical (unpaired) electrons. The van der Waals surface area contributed by atoms with Crippen LogP contribution in [0, 0.1) is 6.92 Å². The summed E-state index contributed by atoms with van der Waals surface area (Å²) in [5, 5.41) is 4.92. The largest absolute Gasteiger partial charge is 0.320 e. The molecule has 4 nitrogen and oxygen atoms in total. The summed E-state index contributed by atoms with van der Waals surface area (Å²) in [4.78, 5) is 5.44. The fraction of sp³-hybridized carbons (Fsp3) is 0.154. The smallest absolute Gasteiger partial charge is 0.0705 e. The Bertz CT molecular complexity index is 679. The number of hydrogen-bond donors (Lipinski definition) is 1. The van der Waals surface area contributed by atoms with Crippen molar-refractivity contribution >= 4 is 22.4 Å². The van der Waals surface area contributed by atoms with Crippen molar-refractivity contribution in [1.82, 2.24) is 14.6 Å². The van der Waals surface area contributed by atoms with Crippen molar-refractivity contribution in [2.75, 3.05) is 0 Å². The molecule has 0 aliphatic heterocycles. The predicted molar refractivity (Wildman–Crippen MR) is 72.4 cm³/mol. The standard InChI is InChI=1S/C13H12N4S/c1-8-2-3-9-6-10(4-5-11(9)16-8)13(14)12-7-15-17-18-12/h2-7,13H,14H2,1H3. The van der Waals surface area contributed by atoms with Crippen LogP contribution in [0.2, 0.25) is 0 Å². The van der Waals surface area contributed by atoms with Crippen LogP contribution in [0.25, 0.3) is 10.9 Å². The summed E-state index contributed by atoms with van der Waals surface area (Å²) >= 11 is 1.33. The van der Waals surface area contributed by atoms with Crippen LogP contribution >= 0.6 is 11.5 Å². The zero-order valence-corrected chi connectivity index (χ0v) is 10.7. The van der Waals surface area contributed by atoms with Crippen molar-refractivity contribution in [2.45, 2.75) is 13.0 Å². The van der Waals surface area contributed by atoms with Gasteiger partial charge in [-0.2, -0.15) is 0 Å². The van der Waals surface area contributed by atoms with Gasteiger partial charge in [0.1, 0.15) is 0 Å². The van der Waals surface area contributed by atoms with Gasteiger partial charge in [-0.15, -0.1) is 5.10 Å². The van der Waals surface area contributed by atoms with Gasteiger partial charge in [-0.1, -0.05) is 16.6 Å². The Kier molecular flexibility index (Phi) is 2.77. The second-order valence-corrected chi connectivity index (χ2v) is 5.02. The number of fused-ring (bicyclic) bond motifs is 1. The first-order valence-electron chi connectivity index (χ1n) is 5.64. The molecule has 1 atom stereocenters. The number of nitrogens with zero attached hydrogens (tertiary/aromatic N) is 3. The van der Waals surface area contributed by atoms with Gasteiger partial charge in [-0.05, 0) is 42.2 Å². The van der Waals surface area contributed by atoms with Crippen LogP contribution < -0.4 is 5.73 Å². The van der Waals surface area contributed by atoms with E-state index in [1.165, 1.54) is 11.5 Å². The van der Waals surface area contributed by atoms with Gasteiger partial charge in [0.25, 0.3) is 0 Å². The number of rotatable bonds is 2. The molecule has 2 N–H and O–H groups in total. The molecule has 0 fully saturated rings. The van der Waals surface area contributed by atoms with Crippen LogP contribution in [0.15, 0.2) is 36.5 Å². The van der Waals surface area contributed by atoms with Gasteiger partial charge in [0.05, 0.1) is 22.6 Å². The van der Waals surface area contributed by atoms with E-state index in [1.54, 1.807) is 6.20 Å². The van der Waals surface area contributed by atoms with Crippen LogP contribution in [-0.4, -0.2) is 14.6 Å². The summed E-state index contributed by atoms with van der Waals surface area (Å²) in [5.74, 6) is 0. The SMILES string of the molecule is Cc1ccc2cc(C(N)c3cnns3)ccc2n1. The Morgan fingerprint density at radius 1 is 1.22 bits per heavy atom. The zero-order valence-electron chi connectivity index (χ0n) is 9.87. The van der Waals surface area contributed by atoms with Crippen LogP contribution in [0.4, 0.5) is 0 Å². The predicted octanol–water partition coefficient (Wildman–Crippen LogP) is 2.44. The Balaban J connectivity index is 2.06. The molecule has 3 aromatic rings. The number of aromatic nitrogens is 3. The summed E-state index contributed by atoms with van der Waals surface area (Å²) in [7, 11) is 0. The number of pyridine rings is 1. The van der Waals surface area contributed by atoms with Gasteiger partial charge < -0.3 is 5.73 Å². The molecule has 18 heavy (non-hydrogen) atoms. The van der Waals surface area contributed by atoms with Crippen molar-refractivity contribution in [3.8, 4) is 0 Å². The molecular weight excluding hydrogens is 244 g/mol. The first-order valence-corrected chi connectivity index (χ1v) is 6.41. The molecule has 90 valence electrons. The molecule has 0 aliphatic carbocycles. The fourth-order valence-corrected chi connectivity index (χ4v) is 2.45. The lowest BCUT2D eigenvalue weighted by atomic mass is 10.0. The van der Waals surface area contributed by atoms with E-state index in [4.69, 9.17) is 5.73 Å². The van der Waals surface area contributed by atoms with Crippen molar-refractivity contribution in [3.05, 3.63) is 52.7 Å². The minimum atomic E-state index is -0.171. The maximum Gasteiger partial charge on any atom is 0.0705 e. The van der Waals surface area contributed by atoms with Gasteiger partial charge >= 0.3 is 0 Å². The highest BCUT2D eigenvalue weighted by molar-refractivity contribution is 7.05. The molecule has 1 unspecified atom stereocenters. The Morgan fingerprint density at radius 3 is 2.89 bits per heavy atom. The fourth-order valence-electron chi connectivity index (χ4n) is 1.92. The van der Waals surface area contributed by atoms with Crippen molar-refractivity contribution in [2.24, 2.45) is 5.73 Å². The van der Waals surface area contributed by atoms with Crippen LogP contribution in [-0.2, 0) is 0 Å². The Hall–Kier alpha value is -1.85. The average molecular weight is 256 g/mol. The molecule has 1 aromatic carbocycles. The Morgan fingerprint density at radius 2 is 2.11 bits per heavy atom. The molecule has 3 rings (SSSR count). The quantitative estimate of drug-likeness (QED) is 0.765. The summed E-state index contributed by atoms with van der Waals surface area (Å²) in [6.07, 6.45) is 1.72. The molecule has 0 saturated carbocycles. The molecule has 0 spiro atoms. The molecule has 2 heterocycles. The highest BCUT2D eigenvalue weighted by atomic mass is 32.1. The van der Waals surface area contributed by atoms with E-state index in [0.717, 1.165) is 27.0 Å². The van der Waals surface area contributed by atoms with E-state index in [0.29, 0.717) is 0 Å². The van der Waals surface area contributed by atoms with Crippen LogP contribution in [0.5, 0.6) is 0 Å². The van der Waals surface area contributed by atoms with Gasteiger partial charge in [-0.3, -0.25) is 4.98 Å². The second kappa shape index (κ2) is 4.44. The van der Waals surface area contributed by atoms with Crippen LogP contribution in [0.1, 0.15) is 22.2 Å². The minimum absolute atomic E-state index is 0.171. The molecule has 0 saturated heterocycles. The number of aryl methyl sites for hydroxylation is 1.